The fraction of sp³-hybridized carbons (Fsp3) is 0.304. The molecule has 0 aliphatic carbocycles. The van der Waals surface area contributed by atoms with Gasteiger partial charge in [0.25, 0.3) is 5.91 Å². The van der Waals surface area contributed by atoms with Crippen molar-refractivity contribution in [1.29, 1.82) is 5.26 Å². The molecule has 1 aliphatic rings. The highest BCUT2D eigenvalue weighted by molar-refractivity contribution is 6.01. The minimum atomic E-state index is -0.193. The summed E-state index contributed by atoms with van der Waals surface area (Å²) in [6.07, 6.45) is 2.52. The van der Waals surface area contributed by atoms with Crippen molar-refractivity contribution in [2.45, 2.75) is 39.2 Å². The molecule has 3 rings (SSSR count). The summed E-state index contributed by atoms with van der Waals surface area (Å²) in [5.74, 6) is -0.193. The first-order chi connectivity index (χ1) is 12.4. The Balaban J connectivity index is 1.79. The number of carbonyl (C=O) groups excluding carboxylic acids is 1. The van der Waals surface area contributed by atoms with Crippen molar-refractivity contribution in [3.8, 4) is 6.07 Å². The highest BCUT2D eigenvalue weighted by Crippen LogP contribution is 2.24. The van der Waals surface area contributed by atoms with Gasteiger partial charge in [-0.05, 0) is 40.2 Å². The summed E-state index contributed by atoms with van der Waals surface area (Å²) in [6, 6.07) is 18.3. The van der Waals surface area contributed by atoms with Crippen LogP contribution in [-0.2, 0) is 23.2 Å². The molecule has 0 atom stereocenters. The molecule has 0 aromatic heterocycles. The molecule has 0 fully saturated rings. The summed E-state index contributed by atoms with van der Waals surface area (Å²) in [5.41, 5.74) is 4.83. The number of carbonyl (C=O) groups is 1. The van der Waals surface area contributed by atoms with Gasteiger partial charge in [-0.25, -0.2) is 0 Å². The molecule has 2 aromatic carbocycles. The molecule has 26 heavy (non-hydrogen) atoms. The van der Waals surface area contributed by atoms with Crippen LogP contribution in [0.4, 0.5) is 0 Å². The lowest BCUT2D eigenvalue weighted by atomic mass is 9.86. The fourth-order valence-electron chi connectivity index (χ4n) is 3.23. The molecule has 0 N–H and O–H groups in total. The first-order valence-electron chi connectivity index (χ1n) is 8.97. The van der Waals surface area contributed by atoms with E-state index in [-0.39, 0.29) is 16.9 Å². The number of rotatable bonds is 2. The van der Waals surface area contributed by atoms with Crippen LogP contribution in [-0.4, -0.2) is 17.4 Å². The molecule has 0 spiro atoms. The minimum Gasteiger partial charge on any atom is -0.333 e. The molecule has 0 saturated heterocycles. The Hall–Kier alpha value is -2.86. The lowest BCUT2D eigenvalue weighted by Crippen LogP contribution is -2.36. The number of fused-ring (bicyclic) bond motifs is 1. The molecule has 3 nitrogen and oxygen atoms in total. The number of nitrogens with zero attached hydrogens (tertiary/aromatic N) is 2. The summed E-state index contributed by atoms with van der Waals surface area (Å²) in [7, 11) is 0. The maximum Gasteiger partial charge on any atom is 0.264 e. The van der Waals surface area contributed by atoms with Crippen molar-refractivity contribution in [3.63, 3.8) is 0 Å². The van der Waals surface area contributed by atoms with Gasteiger partial charge in [0, 0.05) is 13.1 Å². The topological polar surface area (TPSA) is 44.1 Å². The SMILES string of the molecule is CC(C)(C)c1ccc(/C=C(\C#N)C(=O)N2CCc3ccccc3C2)cc1. The molecule has 0 bridgehead atoms. The van der Waals surface area contributed by atoms with E-state index in [1.807, 2.05) is 24.3 Å². The smallest absolute Gasteiger partial charge is 0.264 e. The summed E-state index contributed by atoms with van der Waals surface area (Å²) >= 11 is 0. The second-order valence-corrected chi connectivity index (χ2v) is 7.79. The largest absolute Gasteiger partial charge is 0.333 e. The highest BCUT2D eigenvalue weighted by Gasteiger charge is 2.23. The van der Waals surface area contributed by atoms with E-state index in [0.29, 0.717) is 13.1 Å². The molecular formula is C23H24N2O. The molecule has 1 aliphatic heterocycles. The van der Waals surface area contributed by atoms with Gasteiger partial charge < -0.3 is 4.90 Å². The number of benzene rings is 2. The fourth-order valence-corrected chi connectivity index (χ4v) is 3.23. The quantitative estimate of drug-likeness (QED) is 0.596. The third kappa shape index (κ3) is 3.86. The third-order valence-electron chi connectivity index (χ3n) is 4.86. The summed E-state index contributed by atoms with van der Waals surface area (Å²) < 4.78 is 0. The minimum absolute atomic E-state index is 0.0807. The Bertz CT molecular complexity index is 880. The third-order valence-corrected chi connectivity index (χ3v) is 4.86. The van der Waals surface area contributed by atoms with Gasteiger partial charge in [-0.15, -0.1) is 0 Å². The predicted octanol–water partition coefficient (Wildman–Crippen LogP) is 4.48. The first-order valence-corrected chi connectivity index (χ1v) is 8.97. The van der Waals surface area contributed by atoms with Crippen molar-refractivity contribution in [2.75, 3.05) is 6.54 Å². The molecule has 1 amide bonds. The van der Waals surface area contributed by atoms with Crippen LogP contribution in [0.1, 0.15) is 43.0 Å². The van der Waals surface area contributed by atoms with Crippen molar-refractivity contribution in [1.82, 2.24) is 4.90 Å². The van der Waals surface area contributed by atoms with Crippen LogP contribution in [0, 0.1) is 11.3 Å². The predicted molar refractivity (Wildman–Crippen MR) is 104 cm³/mol. The van der Waals surface area contributed by atoms with Crippen LogP contribution in [0.15, 0.2) is 54.1 Å². The van der Waals surface area contributed by atoms with E-state index >= 15 is 0 Å². The Morgan fingerprint density at radius 1 is 1.08 bits per heavy atom. The van der Waals surface area contributed by atoms with Crippen molar-refractivity contribution < 1.29 is 4.79 Å². The van der Waals surface area contributed by atoms with E-state index in [9.17, 15) is 10.1 Å². The van der Waals surface area contributed by atoms with Gasteiger partial charge in [-0.2, -0.15) is 5.26 Å². The van der Waals surface area contributed by atoms with E-state index in [0.717, 1.165) is 12.0 Å². The van der Waals surface area contributed by atoms with Gasteiger partial charge in [-0.1, -0.05) is 69.3 Å². The van der Waals surface area contributed by atoms with Crippen LogP contribution >= 0.6 is 0 Å². The standard InChI is InChI=1S/C23H24N2O/c1-23(2,3)21-10-8-17(9-11-21)14-20(15-24)22(26)25-13-12-18-6-4-5-7-19(18)16-25/h4-11,14H,12-13,16H2,1-3H3/b20-14+. The number of nitriles is 1. The monoisotopic (exact) mass is 344 g/mol. The van der Waals surface area contributed by atoms with E-state index in [1.165, 1.54) is 16.7 Å². The second kappa shape index (κ2) is 7.17. The second-order valence-electron chi connectivity index (χ2n) is 7.79. The van der Waals surface area contributed by atoms with E-state index in [4.69, 9.17) is 0 Å². The van der Waals surface area contributed by atoms with Gasteiger partial charge in [0.1, 0.15) is 11.6 Å². The van der Waals surface area contributed by atoms with E-state index < -0.39 is 0 Å². The van der Waals surface area contributed by atoms with Gasteiger partial charge in [-0.3, -0.25) is 4.79 Å². The molecule has 1 heterocycles. The summed E-state index contributed by atoms with van der Waals surface area (Å²) in [6.45, 7) is 7.71. The Morgan fingerprint density at radius 2 is 1.73 bits per heavy atom. The maximum absolute atomic E-state index is 12.8. The Labute approximate surface area is 155 Å². The van der Waals surface area contributed by atoms with Gasteiger partial charge in [0.15, 0.2) is 0 Å². The normalized spacial score (nSPS) is 14.5. The van der Waals surface area contributed by atoms with Crippen molar-refractivity contribution in [3.05, 3.63) is 76.4 Å². The van der Waals surface area contributed by atoms with Gasteiger partial charge in [0.05, 0.1) is 0 Å². The molecule has 0 saturated carbocycles. The average molecular weight is 344 g/mol. The van der Waals surface area contributed by atoms with Crippen molar-refractivity contribution >= 4 is 12.0 Å². The lowest BCUT2D eigenvalue weighted by Gasteiger charge is -2.28. The molecule has 3 heteroatoms. The Kier molecular flexibility index (Phi) is 4.95. The first kappa shape index (κ1) is 17.9. The molecule has 2 aromatic rings. The molecule has 0 radical (unpaired) electrons. The van der Waals surface area contributed by atoms with Crippen LogP contribution < -0.4 is 0 Å². The Morgan fingerprint density at radius 3 is 2.35 bits per heavy atom. The van der Waals surface area contributed by atoms with E-state index in [2.05, 4.69) is 51.1 Å². The molecular weight excluding hydrogens is 320 g/mol. The number of hydrogen-bond acceptors (Lipinski definition) is 2. The zero-order valence-electron chi connectivity index (χ0n) is 15.6. The van der Waals surface area contributed by atoms with Crippen molar-refractivity contribution in [2.24, 2.45) is 0 Å². The van der Waals surface area contributed by atoms with Crippen LogP contribution in [0.5, 0.6) is 0 Å². The molecule has 0 unspecified atom stereocenters. The van der Waals surface area contributed by atoms with Crippen LogP contribution in [0.3, 0.4) is 0 Å². The molecule has 132 valence electrons. The highest BCUT2D eigenvalue weighted by atomic mass is 16.2. The van der Waals surface area contributed by atoms with Gasteiger partial charge >= 0.3 is 0 Å². The zero-order chi connectivity index (χ0) is 18.7. The number of hydrogen-bond donors (Lipinski definition) is 0. The maximum atomic E-state index is 12.8. The van der Waals surface area contributed by atoms with Gasteiger partial charge in [0.2, 0.25) is 0 Å². The number of amides is 1. The van der Waals surface area contributed by atoms with Crippen LogP contribution in [0.25, 0.3) is 6.08 Å². The van der Waals surface area contributed by atoms with Crippen LogP contribution in [0.2, 0.25) is 0 Å². The zero-order valence-corrected chi connectivity index (χ0v) is 15.6. The average Bonchev–Trinajstić information content (AvgIpc) is 2.65. The summed E-state index contributed by atoms with van der Waals surface area (Å²) in [5, 5.41) is 9.50. The lowest BCUT2D eigenvalue weighted by molar-refractivity contribution is -0.127. The van der Waals surface area contributed by atoms with E-state index in [1.54, 1.807) is 11.0 Å². The summed E-state index contributed by atoms with van der Waals surface area (Å²) in [4.78, 5) is 14.6.